The van der Waals surface area contributed by atoms with Gasteiger partial charge in [-0.1, -0.05) is 56.3 Å². The van der Waals surface area contributed by atoms with Gasteiger partial charge in [0.05, 0.1) is 24.7 Å². The molecule has 2 aromatic carbocycles. The Morgan fingerprint density at radius 1 is 1.30 bits per heavy atom. The molecule has 0 aliphatic carbocycles. The lowest BCUT2D eigenvalue weighted by molar-refractivity contribution is -0.387. The van der Waals surface area contributed by atoms with Gasteiger partial charge >= 0.3 is 5.69 Å². The molecular weight excluding hydrogens is 427 g/mol. The molecule has 0 saturated carbocycles. The number of benzene rings is 2. The van der Waals surface area contributed by atoms with Crippen LogP contribution in [0.3, 0.4) is 0 Å². The van der Waals surface area contributed by atoms with Gasteiger partial charge in [0.2, 0.25) is 5.82 Å². The third-order valence-corrected chi connectivity index (χ3v) is 5.20. The van der Waals surface area contributed by atoms with E-state index in [1.165, 1.54) is 6.07 Å². The van der Waals surface area contributed by atoms with Crippen molar-refractivity contribution in [3.8, 4) is 0 Å². The predicted molar refractivity (Wildman–Crippen MR) is 125 cm³/mol. The van der Waals surface area contributed by atoms with Crippen LogP contribution in [-0.4, -0.2) is 36.6 Å². The summed E-state index contributed by atoms with van der Waals surface area (Å²) in [5.41, 5.74) is 1.13. The quantitative estimate of drug-likeness (QED) is 0.371. The van der Waals surface area contributed by atoms with Crippen LogP contribution in [0, 0.1) is 21.3 Å². The largest absolute Gasteiger partial charge is 0.382 e. The van der Waals surface area contributed by atoms with Gasteiger partial charge in [-0.05, 0) is 19.4 Å². The summed E-state index contributed by atoms with van der Waals surface area (Å²) in [7, 11) is 0. The number of nitro groups is 1. The van der Waals surface area contributed by atoms with Crippen molar-refractivity contribution in [2.24, 2.45) is 5.41 Å². The molecule has 1 heterocycles. The second kappa shape index (κ2) is 10.4. The van der Waals surface area contributed by atoms with Crippen LogP contribution in [0.15, 0.2) is 48.5 Å². The average molecular weight is 459 g/mol. The molecule has 1 fully saturated rings. The van der Waals surface area contributed by atoms with Crippen LogP contribution in [0.1, 0.15) is 38.8 Å². The molecule has 1 N–H and O–H groups in total. The van der Waals surface area contributed by atoms with E-state index < -0.39 is 22.2 Å². The Labute approximate surface area is 193 Å². The zero-order chi connectivity index (χ0) is 24.1. The molecule has 0 amide bonds. The fraction of sp³-hybridized carbons (Fsp3) is 0.440. The van der Waals surface area contributed by atoms with Crippen molar-refractivity contribution in [2.45, 2.75) is 46.2 Å². The number of hydrogen-bond acceptors (Lipinski definition) is 6. The zero-order valence-electron chi connectivity index (χ0n) is 19.5. The minimum Gasteiger partial charge on any atom is -0.382 e. The Kier molecular flexibility index (Phi) is 7.84. The summed E-state index contributed by atoms with van der Waals surface area (Å²) in [5, 5.41) is 14.4. The number of halogens is 1. The maximum absolute atomic E-state index is 14.3. The second-order valence-electron chi connectivity index (χ2n) is 9.28. The Morgan fingerprint density at radius 2 is 2.03 bits per heavy atom. The van der Waals surface area contributed by atoms with Crippen LogP contribution >= 0.6 is 0 Å². The first-order chi connectivity index (χ1) is 15.5. The molecule has 0 bridgehead atoms. The van der Waals surface area contributed by atoms with Crippen molar-refractivity contribution < 1.29 is 23.5 Å². The van der Waals surface area contributed by atoms with E-state index in [0.29, 0.717) is 37.6 Å². The van der Waals surface area contributed by atoms with E-state index in [0.717, 1.165) is 11.6 Å². The van der Waals surface area contributed by atoms with Gasteiger partial charge in [0.1, 0.15) is 6.10 Å². The van der Waals surface area contributed by atoms with Crippen molar-refractivity contribution >= 4 is 17.5 Å². The molecule has 0 unspecified atom stereocenters. The number of rotatable bonds is 10. The Hall–Kier alpha value is -2.81. The number of hydrogen-bond donors (Lipinski definition) is 1. The van der Waals surface area contributed by atoms with E-state index >= 15 is 0 Å². The zero-order valence-corrected chi connectivity index (χ0v) is 19.5. The van der Waals surface area contributed by atoms with Crippen molar-refractivity contribution in [1.82, 2.24) is 0 Å². The number of nitrogens with one attached hydrogen (secondary N) is 1. The molecule has 178 valence electrons. The lowest BCUT2D eigenvalue weighted by Gasteiger charge is -2.21. The van der Waals surface area contributed by atoms with Crippen LogP contribution in [0.2, 0.25) is 0 Å². The predicted octanol–water partition coefficient (Wildman–Crippen LogP) is 5.55. The Bertz CT molecular complexity index is 992. The van der Waals surface area contributed by atoms with Crippen LogP contribution in [-0.2, 0) is 20.8 Å². The topological polar surface area (TPSA) is 82.9 Å². The smallest absolute Gasteiger partial charge is 0.305 e. The summed E-state index contributed by atoms with van der Waals surface area (Å²) in [5.74, 6) is -1.56. The van der Waals surface area contributed by atoms with Crippen LogP contribution in [0.25, 0.3) is 6.08 Å². The number of anilines is 1. The third-order valence-electron chi connectivity index (χ3n) is 5.20. The van der Waals surface area contributed by atoms with Crippen LogP contribution < -0.4 is 5.32 Å². The molecule has 1 saturated heterocycles. The first kappa shape index (κ1) is 24.8. The van der Waals surface area contributed by atoms with E-state index in [9.17, 15) is 14.5 Å². The fourth-order valence-electron chi connectivity index (χ4n) is 3.47. The molecular formula is C25H31FN2O5. The summed E-state index contributed by atoms with van der Waals surface area (Å²) >= 11 is 0. The summed E-state index contributed by atoms with van der Waals surface area (Å²) in [4.78, 5) is 10.5. The van der Waals surface area contributed by atoms with Crippen molar-refractivity contribution in [2.75, 3.05) is 25.1 Å². The van der Waals surface area contributed by atoms with Crippen molar-refractivity contribution in [1.29, 1.82) is 0 Å². The Morgan fingerprint density at radius 3 is 2.67 bits per heavy atom. The minimum atomic E-state index is -0.894. The van der Waals surface area contributed by atoms with Gasteiger partial charge in [0, 0.05) is 35.3 Å². The lowest BCUT2D eigenvalue weighted by atomic mass is 9.93. The van der Waals surface area contributed by atoms with Crippen molar-refractivity contribution in [3.63, 3.8) is 0 Å². The average Bonchev–Trinajstić information content (AvgIpc) is 3.10. The van der Waals surface area contributed by atoms with E-state index in [1.807, 2.05) is 64.1 Å². The van der Waals surface area contributed by atoms with Gasteiger partial charge in [-0.25, -0.2) is 0 Å². The summed E-state index contributed by atoms with van der Waals surface area (Å²) < 4.78 is 31.5. The monoisotopic (exact) mass is 458 g/mol. The molecule has 8 heteroatoms. The normalized spacial score (nSPS) is 18.0. The van der Waals surface area contributed by atoms with Gasteiger partial charge < -0.3 is 19.5 Å². The molecule has 1 aliphatic rings. The maximum atomic E-state index is 14.3. The van der Waals surface area contributed by atoms with Crippen LogP contribution in [0.5, 0.6) is 0 Å². The van der Waals surface area contributed by atoms with Gasteiger partial charge in [0.25, 0.3) is 0 Å². The van der Waals surface area contributed by atoms with Gasteiger partial charge in [-0.15, -0.1) is 0 Å². The summed E-state index contributed by atoms with van der Waals surface area (Å²) in [6, 6.07) is 12.3. The van der Waals surface area contributed by atoms with Crippen molar-refractivity contribution in [3.05, 3.63) is 75.6 Å². The fourth-order valence-corrected chi connectivity index (χ4v) is 3.47. The Balaban J connectivity index is 1.71. The minimum absolute atomic E-state index is 0.210. The molecule has 2 aromatic rings. The SMILES string of the molecule is CC(C)(C=Cc1cc([N+](=O)[O-])c(F)cc1NC[C@@H]1COC(C)(C)O1)COCc1ccccc1. The summed E-state index contributed by atoms with van der Waals surface area (Å²) in [6.07, 6.45) is 3.47. The highest BCUT2D eigenvalue weighted by molar-refractivity contribution is 5.70. The molecule has 0 spiro atoms. The number of nitro benzene ring substituents is 1. The van der Waals surface area contributed by atoms with E-state index in [-0.39, 0.29) is 11.5 Å². The van der Waals surface area contributed by atoms with E-state index in [1.54, 1.807) is 6.08 Å². The highest BCUT2D eigenvalue weighted by atomic mass is 19.1. The number of nitrogens with zero attached hydrogens (tertiary/aromatic N) is 1. The van der Waals surface area contributed by atoms with Gasteiger partial charge in [-0.2, -0.15) is 4.39 Å². The molecule has 0 aromatic heterocycles. The third kappa shape index (κ3) is 7.35. The number of ether oxygens (including phenoxy) is 3. The standard InChI is InChI=1S/C25H31FN2O5/c1-24(2,17-31-15-18-8-6-5-7-9-18)11-10-19-12-23(28(29)30)21(26)13-22(19)27-14-20-16-32-25(3,4)33-20/h5-13,20,27H,14-17H2,1-4H3/t20-/m1/s1. The highest BCUT2D eigenvalue weighted by Gasteiger charge is 2.32. The van der Waals surface area contributed by atoms with E-state index in [2.05, 4.69) is 5.32 Å². The second-order valence-corrected chi connectivity index (χ2v) is 9.28. The molecule has 3 rings (SSSR count). The summed E-state index contributed by atoms with van der Waals surface area (Å²) in [6.45, 7) is 9.40. The molecule has 1 atom stereocenters. The van der Waals surface area contributed by atoms with Gasteiger partial charge in [-0.3, -0.25) is 10.1 Å². The van der Waals surface area contributed by atoms with E-state index in [4.69, 9.17) is 14.2 Å². The molecule has 0 radical (unpaired) electrons. The molecule has 1 aliphatic heterocycles. The first-order valence-corrected chi connectivity index (χ1v) is 10.9. The molecule has 7 nitrogen and oxygen atoms in total. The van der Waals surface area contributed by atoms with Gasteiger partial charge in [0.15, 0.2) is 5.79 Å². The van der Waals surface area contributed by atoms with Crippen LogP contribution in [0.4, 0.5) is 15.8 Å². The maximum Gasteiger partial charge on any atom is 0.305 e. The first-order valence-electron chi connectivity index (χ1n) is 10.9. The lowest BCUT2D eigenvalue weighted by Crippen LogP contribution is -2.26. The molecule has 33 heavy (non-hydrogen) atoms. The highest BCUT2D eigenvalue weighted by Crippen LogP contribution is 2.30.